The molecule has 0 aromatic heterocycles. The molecule has 0 heterocycles. The van der Waals surface area contributed by atoms with Gasteiger partial charge in [-0.15, -0.1) is 0 Å². The molecule has 0 aliphatic heterocycles. The summed E-state index contributed by atoms with van der Waals surface area (Å²) in [7, 11) is 0. The van der Waals surface area contributed by atoms with Crippen molar-refractivity contribution in [2.45, 2.75) is 18.9 Å². The summed E-state index contributed by atoms with van der Waals surface area (Å²) in [5, 5.41) is 0.762. The molecule has 1 nitrogen and oxygen atoms in total. The summed E-state index contributed by atoms with van der Waals surface area (Å²) < 4.78 is 1.10. The molecular weight excluding hydrogens is 237 g/mol. The molecule has 1 aromatic rings. The van der Waals surface area contributed by atoms with Crippen LogP contribution in [0.3, 0.4) is 0 Å². The molecule has 12 heavy (non-hydrogen) atoms. The van der Waals surface area contributed by atoms with Gasteiger partial charge in [0.15, 0.2) is 0 Å². The van der Waals surface area contributed by atoms with E-state index >= 15 is 0 Å². The Morgan fingerprint density at radius 2 is 2.25 bits per heavy atom. The van der Waals surface area contributed by atoms with Crippen LogP contribution in [-0.4, -0.2) is 0 Å². The molecular formula is C9H9BrClN. The lowest BCUT2D eigenvalue weighted by Crippen LogP contribution is -2.04. The Kier molecular flexibility index (Phi) is 2.15. The fraction of sp³-hybridized carbons (Fsp3) is 0.333. The van der Waals surface area contributed by atoms with E-state index in [0.717, 1.165) is 22.3 Å². The van der Waals surface area contributed by atoms with E-state index in [9.17, 15) is 0 Å². The molecule has 0 fully saturated rings. The smallest absolute Gasteiger partial charge is 0.0420 e. The maximum Gasteiger partial charge on any atom is 0.0420 e. The highest BCUT2D eigenvalue weighted by Gasteiger charge is 2.21. The van der Waals surface area contributed by atoms with Gasteiger partial charge in [0.05, 0.1) is 0 Å². The minimum atomic E-state index is 0.176. The highest BCUT2D eigenvalue weighted by molar-refractivity contribution is 9.10. The molecule has 3 heteroatoms. The first-order valence-electron chi connectivity index (χ1n) is 3.92. The van der Waals surface area contributed by atoms with Crippen LogP contribution >= 0.6 is 27.5 Å². The van der Waals surface area contributed by atoms with E-state index in [1.165, 1.54) is 11.1 Å². The Balaban J connectivity index is 2.60. The van der Waals surface area contributed by atoms with Crippen molar-refractivity contribution in [3.05, 3.63) is 32.8 Å². The van der Waals surface area contributed by atoms with E-state index in [4.69, 9.17) is 17.3 Å². The molecule has 0 bridgehead atoms. The lowest BCUT2D eigenvalue weighted by Gasteiger charge is -2.06. The topological polar surface area (TPSA) is 26.0 Å². The van der Waals surface area contributed by atoms with Gasteiger partial charge in [0.1, 0.15) is 0 Å². The molecule has 0 unspecified atom stereocenters. The molecule has 0 saturated carbocycles. The molecule has 1 aromatic carbocycles. The van der Waals surface area contributed by atoms with Gasteiger partial charge in [0.2, 0.25) is 0 Å². The quantitative estimate of drug-likeness (QED) is 0.748. The zero-order valence-corrected chi connectivity index (χ0v) is 8.82. The van der Waals surface area contributed by atoms with Gasteiger partial charge in [-0.25, -0.2) is 0 Å². The summed E-state index contributed by atoms with van der Waals surface area (Å²) in [6, 6.07) is 4.08. The predicted octanol–water partition coefficient (Wildman–Crippen LogP) is 3.05. The zero-order valence-electron chi connectivity index (χ0n) is 6.48. The Morgan fingerprint density at radius 1 is 1.50 bits per heavy atom. The second-order valence-electron chi connectivity index (χ2n) is 3.10. The third-order valence-electron chi connectivity index (χ3n) is 2.30. The SMILES string of the molecule is N[C@H]1CCc2c(Br)cc(Cl)cc21. The van der Waals surface area contributed by atoms with E-state index in [1.807, 2.05) is 12.1 Å². The normalized spacial score (nSPS) is 21.1. The van der Waals surface area contributed by atoms with Gasteiger partial charge < -0.3 is 5.73 Å². The van der Waals surface area contributed by atoms with Crippen molar-refractivity contribution in [3.8, 4) is 0 Å². The fourth-order valence-corrected chi connectivity index (χ4v) is 2.71. The van der Waals surface area contributed by atoms with Crippen LogP contribution in [0.2, 0.25) is 5.02 Å². The lowest BCUT2D eigenvalue weighted by atomic mass is 10.1. The summed E-state index contributed by atoms with van der Waals surface area (Å²) in [6.07, 6.45) is 2.10. The van der Waals surface area contributed by atoms with E-state index in [0.29, 0.717) is 0 Å². The summed E-state index contributed by atoms with van der Waals surface area (Å²) in [6.45, 7) is 0. The second-order valence-corrected chi connectivity index (χ2v) is 4.39. The van der Waals surface area contributed by atoms with Crippen LogP contribution in [0.15, 0.2) is 16.6 Å². The van der Waals surface area contributed by atoms with E-state index in [1.54, 1.807) is 0 Å². The van der Waals surface area contributed by atoms with Gasteiger partial charge in [0, 0.05) is 15.5 Å². The largest absolute Gasteiger partial charge is 0.324 e. The van der Waals surface area contributed by atoms with Crippen LogP contribution in [0.25, 0.3) is 0 Å². The van der Waals surface area contributed by atoms with Crippen molar-refractivity contribution >= 4 is 27.5 Å². The van der Waals surface area contributed by atoms with E-state index < -0.39 is 0 Å². The number of rotatable bonds is 0. The summed E-state index contributed by atoms with van der Waals surface area (Å²) >= 11 is 9.39. The summed E-state index contributed by atoms with van der Waals surface area (Å²) in [5.41, 5.74) is 8.43. The molecule has 0 amide bonds. The summed E-state index contributed by atoms with van der Waals surface area (Å²) in [5.74, 6) is 0. The summed E-state index contributed by atoms with van der Waals surface area (Å²) in [4.78, 5) is 0. The first-order valence-corrected chi connectivity index (χ1v) is 5.09. The van der Waals surface area contributed by atoms with E-state index in [2.05, 4.69) is 15.9 Å². The maximum atomic E-state index is 5.91. The predicted molar refractivity (Wildman–Crippen MR) is 54.4 cm³/mol. The van der Waals surface area contributed by atoms with Crippen LogP contribution in [0.1, 0.15) is 23.6 Å². The van der Waals surface area contributed by atoms with Crippen LogP contribution < -0.4 is 5.73 Å². The second kappa shape index (κ2) is 3.02. The zero-order chi connectivity index (χ0) is 8.72. The third-order valence-corrected chi connectivity index (χ3v) is 3.23. The number of hydrogen-bond acceptors (Lipinski definition) is 1. The van der Waals surface area contributed by atoms with E-state index in [-0.39, 0.29) is 6.04 Å². The maximum absolute atomic E-state index is 5.91. The molecule has 1 aliphatic rings. The third kappa shape index (κ3) is 1.28. The van der Waals surface area contributed by atoms with Crippen molar-refractivity contribution in [2.24, 2.45) is 5.73 Å². The van der Waals surface area contributed by atoms with Crippen molar-refractivity contribution in [3.63, 3.8) is 0 Å². The lowest BCUT2D eigenvalue weighted by molar-refractivity contribution is 0.713. The molecule has 2 N–H and O–H groups in total. The first-order chi connectivity index (χ1) is 5.68. The monoisotopic (exact) mass is 245 g/mol. The molecule has 64 valence electrons. The van der Waals surface area contributed by atoms with Crippen LogP contribution in [-0.2, 0) is 6.42 Å². The molecule has 0 saturated heterocycles. The number of nitrogens with two attached hydrogens (primary N) is 1. The molecule has 2 rings (SSSR count). The van der Waals surface area contributed by atoms with Crippen LogP contribution in [0.5, 0.6) is 0 Å². The van der Waals surface area contributed by atoms with Crippen LogP contribution in [0, 0.1) is 0 Å². The Labute approximate surface area is 85.0 Å². The number of hydrogen-bond donors (Lipinski definition) is 1. The van der Waals surface area contributed by atoms with Gasteiger partial charge in [-0.3, -0.25) is 0 Å². The van der Waals surface area contributed by atoms with Crippen LogP contribution in [0.4, 0.5) is 0 Å². The number of fused-ring (bicyclic) bond motifs is 1. The van der Waals surface area contributed by atoms with Crippen molar-refractivity contribution in [2.75, 3.05) is 0 Å². The average Bonchev–Trinajstić information content (AvgIpc) is 2.33. The number of halogens is 2. The van der Waals surface area contributed by atoms with Gasteiger partial charge >= 0.3 is 0 Å². The van der Waals surface area contributed by atoms with Gasteiger partial charge in [-0.1, -0.05) is 27.5 Å². The molecule has 1 atom stereocenters. The molecule has 0 radical (unpaired) electrons. The Bertz CT molecular complexity index is 325. The number of benzene rings is 1. The minimum Gasteiger partial charge on any atom is -0.324 e. The van der Waals surface area contributed by atoms with Gasteiger partial charge in [-0.2, -0.15) is 0 Å². The first kappa shape index (κ1) is 8.54. The highest BCUT2D eigenvalue weighted by Crippen LogP contribution is 2.36. The van der Waals surface area contributed by atoms with Gasteiger partial charge in [-0.05, 0) is 36.1 Å². The molecule has 1 aliphatic carbocycles. The standard InChI is InChI=1S/C9H9BrClN/c10-8-4-5(11)3-7-6(8)1-2-9(7)12/h3-4,9H,1-2,12H2/t9-/m0/s1. The van der Waals surface area contributed by atoms with Crippen molar-refractivity contribution in [1.82, 2.24) is 0 Å². The van der Waals surface area contributed by atoms with Crippen molar-refractivity contribution in [1.29, 1.82) is 0 Å². The minimum absolute atomic E-state index is 0.176. The fourth-order valence-electron chi connectivity index (χ4n) is 1.67. The molecule has 0 spiro atoms. The van der Waals surface area contributed by atoms with Crippen molar-refractivity contribution < 1.29 is 0 Å². The average molecular weight is 247 g/mol. The highest BCUT2D eigenvalue weighted by atomic mass is 79.9. The Morgan fingerprint density at radius 3 is 3.00 bits per heavy atom. The Hall–Kier alpha value is -0.0500. The van der Waals surface area contributed by atoms with Gasteiger partial charge in [0.25, 0.3) is 0 Å².